The average molecular weight is 253 g/mol. The van der Waals surface area contributed by atoms with Crippen LogP contribution < -0.4 is 0 Å². The van der Waals surface area contributed by atoms with Crippen molar-refractivity contribution in [1.82, 2.24) is 4.90 Å². The van der Waals surface area contributed by atoms with Crippen molar-refractivity contribution in [2.45, 2.75) is 57.9 Å². The summed E-state index contributed by atoms with van der Waals surface area (Å²) in [5.74, 6) is -0.570. The second kappa shape index (κ2) is 5.72. The zero-order valence-corrected chi connectivity index (χ0v) is 11.1. The average Bonchev–Trinajstić information content (AvgIpc) is 2.86. The second-order valence-corrected chi connectivity index (χ2v) is 5.62. The van der Waals surface area contributed by atoms with Crippen molar-refractivity contribution in [2.75, 3.05) is 6.54 Å². The molecule has 0 radical (unpaired) electrons. The van der Waals surface area contributed by atoms with Crippen LogP contribution in [-0.4, -0.2) is 34.5 Å². The molecule has 2 fully saturated rings. The van der Waals surface area contributed by atoms with Crippen LogP contribution in [0, 0.1) is 11.8 Å². The zero-order valence-electron chi connectivity index (χ0n) is 11.1. The van der Waals surface area contributed by atoms with Crippen molar-refractivity contribution in [3.8, 4) is 0 Å². The SMILES string of the molecule is CCC1CCCN1C(=O)C1CCC(C(=O)O)CC1. The van der Waals surface area contributed by atoms with Crippen LogP contribution in [0.2, 0.25) is 0 Å². The summed E-state index contributed by atoms with van der Waals surface area (Å²) in [5, 5.41) is 8.96. The van der Waals surface area contributed by atoms with Crippen LogP contribution in [0.4, 0.5) is 0 Å². The van der Waals surface area contributed by atoms with E-state index in [0.29, 0.717) is 18.9 Å². The van der Waals surface area contributed by atoms with Gasteiger partial charge in [-0.25, -0.2) is 0 Å². The highest BCUT2D eigenvalue weighted by Crippen LogP contribution is 2.32. The van der Waals surface area contributed by atoms with Gasteiger partial charge in [0.1, 0.15) is 0 Å². The molecule has 1 atom stereocenters. The number of amides is 1. The minimum Gasteiger partial charge on any atom is -0.481 e. The molecule has 2 rings (SSSR count). The Morgan fingerprint density at radius 3 is 2.28 bits per heavy atom. The molecule has 4 nitrogen and oxygen atoms in total. The Morgan fingerprint density at radius 2 is 1.72 bits per heavy atom. The quantitative estimate of drug-likeness (QED) is 0.839. The molecule has 102 valence electrons. The lowest BCUT2D eigenvalue weighted by Gasteiger charge is -2.31. The maximum Gasteiger partial charge on any atom is 0.306 e. The fourth-order valence-corrected chi connectivity index (χ4v) is 3.37. The number of carboxylic acid groups (broad SMARTS) is 1. The van der Waals surface area contributed by atoms with Crippen LogP contribution in [0.1, 0.15) is 51.9 Å². The third-order valence-electron chi connectivity index (χ3n) is 4.56. The largest absolute Gasteiger partial charge is 0.481 e. The Balaban J connectivity index is 1.89. The van der Waals surface area contributed by atoms with Crippen LogP contribution in [0.5, 0.6) is 0 Å². The van der Waals surface area contributed by atoms with E-state index in [9.17, 15) is 9.59 Å². The molecule has 0 aromatic rings. The Hall–Kier alpha value is -1.06. The van der Waals surface area contributed by atoms with Gasteiger partial charge in [-0.2, -0.15) is 0 Å². The molecule has 1 saturated carbocycles. The molecular weight excluding hydrogens is 230 g/mol. The lowest BCUT2D eigenvalue weighted by Crippen LogP contribution is -2.41. The molecule has 18 heavy (non-hydrogen) atoms. The van der Waals surface area contributed by atoms with Gasteiger partial charge in [-0.05, 0) is 44.9 Å². The minimum atomic E-state index is -0.700. The number of carboxylic acids is 1. The number of hydrogen-bond acceptors (Lipinski definition) is 2. The van der Waals surface area contributed by atoms with Crippen molar-refractivity contribution in [3.05, 3.63) is 0 Å². The molecule has 1 heterocycles. The Morgan fingerprint density at radius 1 is 1.11 bits per heavy atom. The van der Waals surface area contributed by atoms with E-state index in [0.717, 1.165) is 38.6 Å². The zero-order chi connectivity index (χ0) is 13.1. The summed E-state index contributed by atoms with van der Waals surface area (Å²) in [5.41, 5.74) is 0. The molecule has 1 aliphatic carbocycles. The Bertz CT molecular complexity index is 321. The van der Waals surface area contributed by atoms with Gasteiger partial charge in [0, 0.05) is 18.5 Å². The van der Waals surface area contributed by atoms with Gasteiger partial charge in [0.2, 0.25) is 5.91 Å². The fraction of sp³-hybridized carbons (Fsp3) is 0.857. The summed E-state index contributed by atoms with van der Waals surface area (Å²) in [6.07, 6.45) is 6.12. The smallest absolute Gasteiger partial charge is 0.306 e. The van der Waals surface area contributed by atoms with Crippen LogP contribution in [-0.2, 0) is 9.59 Å². The van der Waals surface area contributed by atoms with E-state index >= 15 is 0 Å². The molecule has 1 unspecified atom stereocenters. The van der Waals surface area contributed by atoms with E-state index in [-0.39, 0.29) is 17.7 Å². The summed E-state index contributed by atoms with van der Waals surface area (Å²) in [6, 6.07) is 0.426. The maximum absolute atomic E-state index is 12.4. The van der Waals surface area contributed by atoms with Crippen molar-refractivity contribution >= 4 is 11.9 Å². The minimum absolute atomic E-state index is 0.0766. The van der Waals surface area contributed by atoms with E-state index in [4.69, 9.17) is 5.11 Å². The molecule has 1 N–H and O–H groups in total. The number of nitrogens with zero attached hydrogens (tertiary/aromatic N) is 1. The summed E-state index contributed by atoms with van der Waals surface area (Å²) >= 11 is 0. The van der Waals surface area contributed by atoms with Crippen LogP contribution in [0.15, 0.2) is 0 Å². The van der Waals surface area contributed by atoms with Crippen molar-refractivity contribution in [2.24, 2.45) is 11.8 Å². The number of carbonyl (C=O) groups is 2. The molecule has 1 saturated heterocycles. The number of carbonyl (C=O) groups excluding carboxylic acids is 1. The van der Waals surface area contributed by atoms with Crippen LogP contribution in [0.25, 0.3) is 0 Å². The van der Waals surface area contributed by atoms with Crippen LogP contribution in [0.3, 0.4) is 0 Å². The lowest BCUT2D eigenvalue weighted by molar-refractivity contribution is -0.146. The van der Waals surface area contributed by atoms with Gasteiger partial charge in [-0.3, -0.25) is 9.59 Å². The normalized spacial score (nSPS) is 32.5. The number of likely N-dealkylation sites (tertiary alicyclic amines) is 1. The third-order valence-corrected chi connectivity index (χ3v) is 4.56. The van der Waals surface area contributed by atoms with Crippen LogP contribution >= 0.6 is 0 Å². The molecule has 4 heteroatoms. The standard InChI is InChI=1S/C14H23NO3/c1-2-12-4-3-9-15(12)13(16)10-5-7-11(8-6-10)14(17)18/h10-12H,2-9H2,1H3,(H,17,18). The molecule has 0 aromatic carbocycles. The Kier molecular flexibility index (Phi) is 4.25. The molecular formula is C14H23NO3. The number of aliphatic carboxylic acids is 1. The summed E-state index contributed by atoms with van der Waals surface area (Å²) in [6.45, 7) is 3.04. The highest BCUT2D eigenvalue weighted by molar-refractivity contribution is 5.80. The van der Waals surface area contributed by atoms with E-state index in [1.165, 1.54) is 0 Å². The third kappa shape index (κ3) is 2.68. The first-order valence-corrected chi connectivity index (χ1v) is 7.16. The lowest BCUT2D eigenvalue weighted by atomic mass is 9.81. The Labute approximate surface area is 108 Å². The van der Waals surface area contributed by atoms with Crippen molar-refractivity contribution in [1.29, 1.82) is 0 Å². The van der Waals surface area contributed by atoms with E-state index in [2.05, 4.69) is 6.92 Å². The predicted molar refractivity (Wildman–Crippen MR) is 68.1 cm³/mol. The molecule has 1 aliphatic heterocycles. The van der Waals surface area contributed by atoms with E-state index in [1.54, 1.807) is 0 Å². The van der Waals surface area contributed by atoms with Crippen molar-refractivity contribution in [3.63, 3.8) is 0 Å². The highest BCUT2D eigenvalue weighted by atomic mass is 16.4. The molecule has 0 aromatic heterocycles. The van der Waals surface area contributed by atoms with Gasteiger partial charge in [-0.1, -0.05) is 6.92 Å². The van der Waals surface area contributed by atoms with E-state index < -0.39 is 5.97 Å². The first-order valence-electron chi connectivity index (χ1n) is 7.16. The first kappa shape index (κ1) is 13.4. The van der Waals surface area contributed by atoms with Gasteiger partial charge in [0.05, 0.1) is 5.92 Å². The van der Waals surface area contributed by atoms with Gasteiger partial charge in [-0.15, -0.1) is 0 Å². The highest BCUT2D eigenvalue weighted by Gasteiger charge is 2.35. The molecule has 1 amide bonds. The first-order chi connectivity index (χ1) is 8.63. The van der Waals surface area contributed by atoms with Gasteiger partial charge >= 0.3 is 5.97 Å². The van der Waals surface area contributed by atoms with Gasteiger partial charge in [0.15, 0.2) is 0 Å². The second-order valence-electron chi connectivity index (χ2n) is 5.62. The maximum atomic E-state index is 12.4. The van der Waals surface area contributed by atoms with Crippen molar-refractivity contribution < 1.29 is 14.7 Å². The van der Waals surface area contributed by atoms with Gasteiger partial charge in [0.25, 0.3) is 0 Å². The van der Waals surface area contributed by atoms with E-state index in [1.807, 2.05) is 4.90 Å². The summed E-state index contributed by atoms with van der Waals surface area (Å²) in [7, 11) is 0. The van der Waals surface area contributed by atoms with Gasteiger partial charge < -0.3 is 10.0 Å². The number of hydrogen-bond donors (Lipinski definition) is 1. The number of rotatable bonds is 3. The topological polar surface area (TPSA) is 57.6 Å². The summed E-state index contributed by atoms with van der Waals surface area (Å²) < 4.78 is 0. The monoisotopic (exact) mass is 253 g/mol. The fourth-order valence-electron chi connectivity index (χ4n) is 3.37. The predicted octanol–water partition coefficient (Wildman–Crippen LogP) is 2.28. The summed E-state index contributed by atoms with van der Waals surface area (Å²) in [4.78, 5) is 25.4. The molecule has 2 aliphatic rings. The molecule has 0 spiro atoms. The molecule has 0 bridgehead atoms.